The van der Waals surface area contributed by atoms with Crippen LogP contribution in [0.25, 0.3) is 0 Å². The van der Waals surface area contributed by atoms with Crippen LogP contribution in [-0.4, -0.2) is 0 Å². The molecule has 0 saturated carbocycles. The van der Waals surface area contributed by atoms with Gasteiger partial charge in [-0.2, -0.15) is 31.6 Å². The summed E-state index contributed by atoms with van der Waals surface area (Å²) in [5.74, 6) is 0. The summed E-state index contributed by atoms with van der Waals surface area (Å²) in [4.78, 5) is 0. The van der Waals surface area contributed by atoms with Crippen LogP contribution in [0.4, 0.5) is 0 Å². The van der Waals surface area contributed by atoms with Gasteiger partial charge in [-0.15, -0.1) is 0 Å². The Morgan fingerprint density at radius 3 is 0.368 bits per heavy atom. The summed E-state index contributed by atoms with van der Waals surface area (Å²) in [7, 11) is 0. The predicted molar refractivity (Wildman–Crippen MR) is 67.7 cm³/mol. The van der Waals surface area contributed by atoms with E-state index in [0.717, 1.165) is 0 Å². The molecule has 0 bridgehead atoms. The van der Waals surface area contributed by atoms with Crippen molar-refractivity contribution < 1.29 is 18.6 Å². The summed E-state index contributed by atoms with van der Waals surface area (Å²) in [6.07, 6.45) is 0. The van der Waals surface area contributed by atoms with Gasteiger partial charge in [-0.1, -0.05) is 0 Å². The Balaban J connectivity index is -0.0000000180. The molecule has 0 rings (SSSR count). The van der Waals surface area contributed by atoms with Gasteiger partial charge in [0.15, 0.2) is 0 Å². The van der Waals surface area contributed by atoms with Crippen molar-refractivity contribution in [2.24, 2.45) is 0 Å². The molecule has 0 aromatic heterocycles. The van der Waals surface area contributed by atoms with E-state index in [-0.39, 0.29) is 18.6 Å². The normalized spacial score (nSPS) is 2.53. The average molecular weight is 297 g/mol. The van der Waals surface area contributed by atoms with E-state index >= 15 is 0 Å². The molecular weight excluding hydrogens is 279 g/mol. The van der Waals surface area contributed by atoms with Gasteiger partial charge in [-0.05, 0) is 0 Å². The molecule has 0 amide bonds. The van der Waals surface area contributed by atoms with Gasteiger partial charge >= 0.3 is 18.6 Å². The van der Waals surface area contributed by atoms with Gasteiger partial charge in [-0.25, -0.2) is 0 Å². The Morgan fingerprint density at radius 2 is 0.368 bits per heavy atom. The number of nitriles is 6. The van der Waals surface area contributed by atoms with Crippen LogP contribution in [0.2, 0.25) is 0 Å². The zero-order chi connectivity index (χ0) is 16.2. The van der Waals surface area contributed by atoms with E-state index in [0.29, 0.717) is 0 Å². The maximum Gasteiger partial charge on any atom is 2.00 e. The van der Waals surface area contributed by atoms with Crippen molar-refractivity contribution in [2.75, 3.05) is 0 Å². The minimum Gasteiger partial charge on any atom is -0.199 e. The van der Waals surface area contributed by atoms with Crippen LogP contribution in [0, 0.1) is 68.0 Å². The van der Waals surface area contributed by atoms with E-state index in [4.69, 9.17) is 31.6 Å². The number of nitrogens with zero attached hydrogens (tertiary/aromatic N) is 6. The van der Waals surface area contributed by atoms with Crippen molar-refractivity contribution in [3.8, 4) is 36.4 Å². The predicted octanol–water partition coefficient (Wildman–Crippen LogP) is 3.18. The van der Waals surface area contributed by atoms with Gasteiger partial charge in [0.2, 0.25) is 0 Å². The average Bonchev–Trinajstić information content (AvgIpc) is 2.23. The first-order valence-electron chi connectivity index (χ1n) is 4.34. The molecule has 7 heteroatoms. The Labute approximate surface area is 128 Å². The van der Waals surface area contributed by atoms with Crippen molar-refractivity contribution in [2.45, 2.75) is 41.5 Å². The fourth-order valence-corrected chi connectivity index (χ4v) is 0. The Hall–Kier alpha value is -2.48. The molecule has 0 aliphatic carbocycles. The molecule has 0 aliphatic heterocycles. The molecule has 99 valence electrons. The summed E-state index contributed by atoms with van der Waals surface area (Å²) < 4.78 is 0. The summed E-state index contributed by atoms with van der Waals surface area (Å²) in [5, 5.41) is 43.9. The first kappa shape index (κ1) is 43.9. The number of hydrogen-bond donors (Lipinski definition) is 0. The first-order valence-corrected chi connectivity index (χ1v) is 4.34. The van der Waals surface area contributed by atoms with E-state index in [9.17, 15) is 0 Å². The standard InChI is InChI=1S/6C2H3N.V/c6*1-2-3;/h6*1H3;/q;;;;;;+2. The second-order valence-corrected chi connectivity index (χ2v) is 1.34. The van der Waals surface area contributed by atoms with Crippen LogP contribution in [0.15, 0.2) is 0 Å². The maximum absolute atomic E-state index is 7.32. The molecule has 0 heterocycles. The van der Waals surface area contributed by atoms with Gasteiger partial charge in [-0.3, -0.25) is 0 Å². The van der Waals surface area contributed by atoms with Crippen molar-refractivity contribution in [3.05, 3.63) is 0 Å². The summed E-state index contributed by atoms with van der Waals surface area (Å²) >= 11 is 0. The first-order chi connectivity index (χ1) is 8.49. The van der Waals surface area contributed by atoms with E-state index in [1.807, 2.05) is 0 Å². The summed E-state index contributed by atoms with van der Waals surface area (Å²) in [6, 6.07) is 10.5. The largest absolute Gasteiger partial charge is 2.00 e. The maximum atomic E-state index is 7.32. The monoisotopic (exact) mass is 297 g/mol. The Kier molecular flexibility index (Phi) is 609. The summed E-state index contributed by atoms with van der Waals surface area (Å²) in [6.45, 7) is 8.58. The van der Waals surface area contributed by atoms with Crippen LogP contribution < -0.4 is 0 Å². The van der Waals surface area contributed by atoms with Crippen molar-refractivity contribution in [3.63, 3.8) is 0 Å². The third-order valence-corrected chi connectivity index (χ3v) is 0. The third-order valence-electron chi connectivity index (χ3n) is 0. The van der Waals surface area contributed by atoms with E-state index in [2.05, 4.69) is 0 Å². The van der Waals surface area contributed by atoms with Crippen LogP contribution in [-0.2, 0) is 18.6 Å². The molecule has 6 nitrogen and oxygen atoms in total. The van der Waals surface area contributed by atoms with Gasteiger partial charge < -0.3 is 0 Å². The molecule has 19 heavy (non-hydrogen) atoms. The molecule has 0 aromatic carbocycles. The molecule has 0 saturated heterocycles. The third kappa shape index (κ3) is 463. The van der Waals surface area contributed by atoms with Gasteiger partial charge in [0.25, 0.3) is 0 Å². The minimum absolute atomic E-state index is 0. The molecule has 0 aliphatic rings. The van der Waals surface area contributed by atoms with Crippen LogP contribution in [0.1, 0.15) is 41.5 Å². The smallest absolute Gasteiger partial charge is 0.199 e. The second kappa shape index (κ2) is 264. The zero-order valence-corrected chi connectivity index (χ0v) is 13.5. The zero-order valence-electron chi connectivity index (χ0n) is 12.1. The Bertz CT molecular complexity index is 244. The van der Waals surface area contributed by atoms with Crippen LogP contribution in [0.3, 0.4) is 0 Å². The molecule has 0 N–H and O–H groups in total. The molecule has 0 unspecified atom stereocenters. The van der Waals surface area contributed by atoms with E-state index < -0.39 is 0 Å². The van der Waals surface area contributed by atoms with Crippen molar-refractivity contribution in [1.82, 2.24) is 0 Å². The van der Waals surface area contributed by atoms with Crippen LogP contribution >= 0.6 is 0 Å². The fraction of sp³-hybridized carbons (Fsp3) is 0.500. The molecule has 0 spiro atoms. The number of rotatable bonds is 0. The van der Waals surface area contributed by atoms with Gasteiger partial charge in [0.1, 0.15) is 0 Å². The Morgan fingerprint density at radius 1 is 0.368 bits per heavy atom. The van der Waals surface area contributed by atoms with Crippen LogP contribution in [0.5, 0.6) is 0 Å². The molecule has 1 radical (unpaired) electrons. The quantitative estimate of drug-likeness (QED) is 0.671. The minimum atomic E-state index is 0. The molecular formula is C12H18N6V+2. The topological polar surface area (TPSA) is 143 Å². The summed E-state index contributed by atoms with van der Waals surface area (Å²) in [5.41, 5.74) is 0. The number of hydrogen-bond acceptors (Lipinski definition) is 6. The van der Waals surface area contributed by atoms with Crippen molar-refractivity contribution >= 4 is 0 Å². The second-order valence-electron chi connectivity index (χ2n) is 1.34. The SMILES string of the molecule is CC#N.CC#N.CC#N.CC#N.CC#N.CC#N.[V+2]. The van der Waals surface area contributed by atoms with Gasteiger partial charge in [0, 0.05) is 41.5 Å². The van der Waals surface area contributed by atoms with Crippen molar-refractivity contribution in [1.29, 1.82) is 31.6 Å². The fourth-order valence-electron chi connectivity index (χ4n) is 0. The van der Waals surface area contributed by atoms with E-state index in [1.54, 1.807) is 36.4 Å². The van der Waals surface area contributed by atoms with E-state index in [1.165, 1.54) is 41.5 Å². The molecule has 0 fully saturated rings. The molecule has 0 atom stereocenters. The molecule has 0 aromatic rings. The van der Waals surface area contributed by atoms with Gasteiger partial charge in [0.05, 0.1) is 36.4 Å².